The second-order valence-corrected chi connectivity index (χ2v) is 8.55. The summed E-state index contributed by atoms with van der Waals surface area (Å²) in [4.78, 5) is 35.7. The van der Waals surface area contributed by atoms with Crippen molar-refractivity contribution in [3.63, 3.8) is 0 Å². The van der Waals surface area contributed by atoms with Gasteiger partial charge in [0, 0.05) is 30.9 Å². The van der Waals surface area contributed by atoms with Crippen LogP contribution >= 0.6 is 11.8 Å². The minimum Gasteiger partial charge on any atom is -0.456 e. The minimum absolute atomic E-state index is 0.0578. The number of nitrogens with one attached hydrogen (secondary N) is 1. The summed E-state index contributed by atoms with van der Waals surface area (Å²) in [5.74, 6) is -2.28. The number of carbonyl (C=O) groups is 3. The quantitative estimate of drug-likeness (QED) is 0.494. The lowest BCUT2D eigenvalue weighted by Gasteiger charge is -2.20. The molecule has 31 heavy (non-hydrogen) atoms. The Kier molecular flexibility index (Phi) is 8.15. The molecule has 0 aliphatic heterocycles. The Bertz CT molecular complexity index is 988. The normalized spacial score (nSPS) is 11.0. The molecule has 0 unspecified atom stereocenters. The van der Waals surface area contributed by atoms with E-state index in [1.807, 2.05) is 0 Å². The van der Waals surface area contributed by atoms with E-state index in [0.29, 0.717) is 0 Å². The van der Waals surface area contributed by atoms with Gasteiger partial charge in [0.2, 0.25) is 5.91 Å². The summed E-state index contributed by atoms with van der Waals surface area (Å²) in [6.45, 7) is 6.67. The molecule has 2 aromatic rings. The average molecular weight is 451 g/mol. The number of esters is 1. The molecule has 0 saturated heterocycles. The van der Waals surface area contributed by atoms with Gasteiger partial charge in [0.1, 0.15) is 28.5 Å². The van der Waals surface area contributed by atoms with Crippen LogP contribution in [0.2, 0.25) is 0 Å². The van der Waals surface area contributed by atoms with E-state index in [9.17, 15) is 23.2 Å². The first kappa shape index (κ1) is 24.3. The first-order valence-corrected chi connectivity index (χ1v) is 10.4. The number of halogens is 2. The van der Waals surface area contributed by atoms with E-state index in [-0.39, 0.29) is 40.6 Å². The number of rotatable bonds is 6. The van der Waals surface area contributed by atoms with E-state index < -0.39 is 28.5 Å². The van der Waals surface area contributed by atoms with Crippen LogP contribution in [0.5, 0.6) is 5.75 Å². The second-order valence-electron chi connectivity index (χ2n) is 7.52. The summed E-state index contributed by atoms with van der Waals surface area (Å²) in [5, 5.41) is 1.87. The molecule has 2 rings (SSSR count). The van der Waals surface area contributed by atoms with Crippen molar-refractivity contribution in [3.05, 3.63) is 53.6 Å². The van der Waals surface area contributed by atoms with Gasteiger partial charge in [0.15, 0.2) is 0 Å². The molecule has 1 N–H and O–H groups in total. The number of amides is 1. The standard InChI is InChI=1S/C22H23F2NO5S/c1-13(26)25-9-10-31-21(28)29-19-8-5-14(16-7-6-15(23)12-18(16)24)11-17(19)20(27)30-22(2,3)4/h5-8,11-12H,9-10H2,1-4H3,(H,25,26). The lowest BCUT2D eigenvalue weighted by molar-refractivity contribution is -0.118. The fourth-order valence-corrected chi connectivity index (χ4v) is 3.00. The summed E-state index contributed by atoms with van der Waals surface area (Å²) < 4.78 is 38.1. The van der Waals surface area contributed by atoms with Crippen LogP contribution in [0.25, 0.3) is 11.1 Å². The number of thioether (sulfide) groups is 1. The minimum atomic E-state index is -0.817. The molecule has 0 saturated carbocycles. The van der Waals surface area contributed by atoms with E-state index in [1.54, 1.807) is 20.8 Å². The molecule has 0 radical (unpaired) electrons. The molecule has 0 atom stereocenters. The summed E-state index contributed by atoms with van der Waals surface area (Å²) in [6, 6.07) is 7.23. The second kappa shape index (κ2) is 10.4. The first-order valence-electron chi connectivity index (χ1n) is 9.38. The largest absolute Gasteiger partial charge is 0.456 e. The van der Waals surface area contributed by atoms with Gasteiger partial charge >= 0.3 is 11.3 Å². The van der Waals surface area contributed by atoms with E-state index in [0.717, 1.165) is 23.9 Å². The van der Waals surface area contributed by atoms with Crippen molar-refractivity contribution >= 4 is 28.9 Å². The van der Waals surface area contributed by atoms with Gasteiger partial charge in [0.25, 0.3) is 0 Å². The number of carbonyl (C=O) groups excluding carboxylic acids is 3. The third kappa shape index (κ3) is 7.67. The molecule has 0 aliphatic rings. The Hall–Kier alpha value is -2.94. The molecule has 9 heteroatoms. The van der Waals surface area contributed by atoms with E-state index in [4.69, 9.17) is 9.47 Å². The predicted octanol–water partition coefficient (Wildman–Crippen LogP) is 4.96. The van der Waals surface area contributed by atoms with E-state index in [2.05, 4.69) is 5.32 Å². The van der Waals surface area contributed by atoms with Crippen molar-refractivity contribution in [2.24, 2.45) is 0 Å². The lowest BCUT2D eigenvalue weighted by Crippen LogP contribution is -2.24. The maximum absolute atomic E-state index is 14.2. The Balaban J connectivity index is 2.30. The SMILES string of the molecule is CC(=O)NCCSC(=O)Oc1ccc(-c2ccc(F)cc2F)cc1C(=O)OC(C)(C)C. The molecule has 0 aliphatic carbocycles. The number of hydrogen-bond acceptors (Lipinski definition) is 6. The third-order valence-corrected chi connectivity index (χ3v) is 4.46. The Morgan fingerprint density at radius 1 is 1.06 bits per heavy atom. The number of ether oxygens (including phenoxy) is 2. The Morgan fingerprint density at radius 2 is 1.77 bits per heavy atom. The molecule has 166 valence electrons. The van der Waals surface area contributed by atoms with E-state index >= 15 is 0 Å². The molecule has 0 fully saturated rings. The fraction of sp³-hybridized carbons (Fsp3) is 0.318. The van der Waals surface area contributed by atoms with Crippen LogP contribution in [0.4, 0.5) is 13.6 Å². The summed E-state index contributed by atoms with van der Waals surface area (Å²) in [6.07, 6.45) is 0. The highest BCUT2D eigenvalue weighted by atomic mass is 32.2. The zero-order valence-corrected chi connectivity index (χ0v) is 18.4. The summed E-state index contributed by atoms with van der Waals surface area (Å²) in [5.41, 5.74) is -0.528. The van der Waals surface area contributed by atoms with Crippen LogP contribution < -0.4 is 10.1 Å². The maximum Gasteiger partial charge on any atom is 0.372 e. The Labute approximate surface area is 183 Å². The summed E-state index contributed by atoms with van der Waals surface area (Å²) >= 11 is 0.822. The van der Waals surface area contributed by atoms with Crippen molar-refractivity contribution in [2.75, 3.05) is 12.3 Å². The van der Waals surface area contributed by atoms with Crippen LogP contribution in [0, 0.1) is 11.6 Å². The van der Waals surface area contributed by atoms with Gasteiger partial charge in [-0.3, -0.25) is 4.79 Å². The van der Waals surface area contributed by atoms with Gasteiger partial charge in [-0.1, -0.05) is 6.07 Å². The smallest absolute Gasteiger partial charge is 0.372 e. The molecule has 6 nitrogen and oxygen atoms in total. The first-order chi connectivity index (χ1) is 14.5. The lowest BCUT2D eigenvalue weighted by atomic mass is 10.0. The maximum atomic E-state index is 14.2. The molecule has 0 aromatic heterocycles. The van der Waals surface area contributed by atoms with Crippen molar-refractivity contribution in [3.8, 4) is 16.9 Å². The van der Waals surface area contributed by atoms with Crippen LogP contribution in [0.3, 0.4) is 0 Å². The van der Waals surface area contributed by atoms with Crippen molar-refractivity contribution in [1.82, 2.24) is 5.32 Å². The van der Waals surface area contributed by atoms with Crippen molar-refractivity contribution in [2.45, 2.75) is 33.3 Å². The highest BCUT2D eigenvalue weighted by Gasteiger charge is 2.23. The van der Waals surface area contributed by atoms with Crippen LogP contribution in [-0.2, 0) is 9.53 Å². The highest BCUT2D eigenvalue weighted by Crippen LogP contribution is 2.31. The number of hydrogen-bond donors (Lipinski definition) is 1. The topological polar surface area (TPSA) is 81.7 Å². The fourth-order valence-electron chi connectivity index (χ4n) is 2.48. The van der Waals surface area contributed by atoms with Gasteiger partial charge in [-0.2, -0.15) is 0 Å². The average Bonchev–Trinajstić information content (AvgIpc) is 2.64. The number of benzene rings is 2. The molecule has 2 aromatic carbocycles. The third-order valence-electron chi connectivity index (χ3n) is 3.73. The van der Waals surface area contributed by atoms with Gasteiger partial charge < -0.3 is 14.8 Å². The van der Waals surface area contributed by atoms with Gasteiger partial charge in [-0.25, -0.2) is 18.4 Å². The molecule has 0 bridgehead atoms. The van der Waals surface area contributed by atoms with Gasteiger partial charge in [-0.05, 0) is 62.4 Å². The summed E-state index contributed by atoms with van der Waals surface area (Å²) in [7, 11) is 0. The van der Waals surface area contributed by atoms with Crippen molar-refractivity contribution in [1.29, 1.82) is 0 Å². The molecule has 1 amide bonds. The van der Waals surface area contributed by atoms with E-state index in [1.165, 1.54) is 31.2 Å². The Morgan fingerprint density at radius 3 is 2.39 bits per heavy atom. The zero-order chi connectivity index (χ0) is 23.2. The van der Waals surface area contributed by atoms with Gasteiger partial charge in [0.05, 0.1) is 0 Å². The predicted molar refractivity (Wildman–Crippen MR) is 114 cm³/mol. The van der Waals surface area contributed by atoms with Gasteiger partial charge in [-0.15, -0.1) is 0 Å². The highest BCUT2D eigenvalue weighted by molar-refractivity contribution is 8.13. The molecule has 0 spiro atoms. The van der Waals surface area contributed by atoms with Crippen molar-refractivity contribution < 1.29 is 32.6 Å². The zero-order valence-electron chi connectivity index (χ0n) is 17.6. The van der Waals surface area contributed by atoms with Crippen LogP contribution in [0.1, 0.15) is 38.1 Å². The van der Waals surface area contributed by atoms with Crippen LogP contribution in [0.15, 0.2) is 36.4 Å². The van der Waals surface area contributed by atoms with Crippen LogP contribution in [-0.4, -0.2) is 35.1 Å². The molecule has 0 heterocycles. The molecular formula is C22H23F2NO5S. The monoisotopic (exact) mass is 451 g/mol. The molecular weight excluding hydrogens is 428 g/mol.